The van der Waals surface area contributed by atoms with E-state index in [0.29, 0.717) is 17.9 Å². The number of likely N-dealkylation sites (N-methyl/N-ethyl adjacent to an activating group) is 1. The topological polar surface area (TPSA) is 15.5 Å². The van der Waals surface area contributed by atoms with Crippen molar-refractivity contribution < 1.29 is 26.6 Å². The van der Waals surface area contributed by atoms with Gasteiger partial charge in [-0.1, -0.05) is 97.1 Å². The largest absolute Gasteiger partial charge is 0.673 e. The number of hydrogen-bond acceptors (Lipinski definition) is 1. The highest BCUT2D eigenvalue weighted by Crippen LogP contribution is 2.61. The van der Waals surface area contributed by atoms with Gasteiger partial charge in [0.1, 0.15) is 19.1 Å². The van der Waals surface area contributed by atoms with Crippen LogP contribution in [0, 0.1) is 11.8 Å². The molecule has 198 valence electrons. The van der Waals surface area contributed by atoms with Gasteiger partial charge in [0.05, 0.1) is 25.7 Å². The number of rotatable bonds is 4. The first-order valence-electron chi connectivity index (χ1n) is 13.0. The average molecular weight is 522 g/mol. The number of amidine groups is 1. The maximum Gasteiger partial charge on any atom is 0.673 e. The van der Waals surface area contributed by atoms with E-state index in [1.807, 2.05) is 0 Å². The summed E-state index contributed by atoms with van der Waals surface area (Å²) in [4.78, 5) is 2.55. The van der Waals surface area contributed by atoms with Gasteiger partial charge in [0.15, 0.2) is 0 Å². The van der Waals surface area contributed by atoms with Crippen LogP contribution < -0.4 is 0 Å². The summed E-state index contributed by atoms with van der Waals surface area (Å²) in [5.74, 6) is 2.30. The number of nitrogens with zero attached hydrogens (tertiary/aromatic N) is 2. The van der Waals surface area contributed by atoms with Gasteiger partial charge in [-0.05, 0) is 16.7 Å². The standard InChI is InChI=1S/C30H31N2O.BF4/c1-31-27(32-19-21-33-22-20-32)18-17-26-28(29(26)31)30(23-11-5-2-6-12-23,24-13-7-3-8-14-24)25-15-9-4-10-16-25;2-1(3,4)5/h2-18,26,28-29H,19-22H2,1H3;/q+1;-1. The molecule has 2 heterocycles. The fraction of sp³-hybridized carbons (Fsp3) is 0.300. The maximum atomic E-state index is 9.75. The molecule has 6 rings (SSSR count). The quantitative estimate of drug-likeness (QED) is 0.184. The van der Waals surface area contributed by atoms with E-state index in [2.05, 4.69) is 120 Å². The second-order valence-corrected chi connectivity index (χ2v) is 9.92. The summed E-state index contributed by atoms with van der Waals surface area (Å²) in [7, 11) is -3.71. The lowest BCUT2D eigenvalue weighted by atomic mass is 9.65. The van der Waals surface area contributed by atoms with Crippen molar-refractivity contribution in [1.82, 2.24) is 4.90 Å². The van der Waals surface area contributed by atoms with Gasteiger partial charge in [-0.15, -0.1) is 0 Å². The molecule has 3 nitrogen and oxygen atoms in total. The molecule has 1 saturated heterocycles. The van der Waals surface area contributed by atoms with E-state index >= 15 is 0 Å². The van der Waals surface area contributed by atoms with Crippen molar-refractivity contribution in [3.8, 4) is 0 Å². The van der Waals surface area contributed by atoms with Crippen LogP contribution in [0.4, 0.5) is 17.3 Å². The van der Waals surface area contributed by atoms with Crippen molar-refractivity contribution >= 4 is 13.1 Å². The first-order chi connectivity index (χ1) is 18.3. The lowest BCUT2D eigenvalue weighted by Gasteiger charge is -2.37. The number of hydrogen-bond donors (Lipinski definition) is 0. The minimum Gasteiger partial charge on any atom is -0.418 e. The molecule has 1 saturated carbocycles. The molecular formula is C30H31BF4N2O. The molecule has 8 heteroatoms. The van der Waals surface area contributed by atoms with Crippen molar-refractivity contribution in [2.45, 2.75) is 11.5 Å². The van der Waals surface area contributed by atoms with Crippen molar-refractivity contribution in [1.29, 1.82) is 0 Å². The maximum absolute atomic E-state index is 9.75. The minimum absolute atomic E-state index is 0.210. The fourth-order valence-electron chi connectivity index (χ4n) is 6.36. The zero-order valence-corrected chi connectivity index (χ0v) is 21.3. The summed E-state index contributed by atoms with van der Waals surface area (Å²) in [6.45, 7) is 3.55. The zero-order valence-electron chi connectivity index (χ0n) is 21.3. The van der Waals surface area contributed by atoms with Crippen molar-refractivity contribution in [3.63, 3.8) is 0 Å². The van der Waals surface area contributed by atoms with Crippen LogP contribution in [0.1, 0.15) is 16.7 Å². The van der Waals surface area contributed by atoms with Crippen LogP contribution in [-0.2, 0) is 10.2 Å². The Labute approximate surface area is 221 Å². The summed E-state index contributed by atoms with van der Waals surface area (Å²) in [5.41, 5.74) is 3.91. The SMILES string of the molecule is CN1C(=[N+]2CCOCC2)C=CC2C1C2C(c1ccccc1)(c1ccccc1)c1ccccc1.F[B-](F)(F)F. The molecule has 3 aliphatic rings. The predicted octanol–water partition coefficient (Wildman–Crippen LogP) is 5.88. The summed E-state index contributed by atoms with van der Waals surface area (Å²) in [6, 6.07) is 33.9. The summed E-state index contributed by atoms with van der Waals surface area (Å²) >= 11 is 0. The predicted molar refractivity (Wildman–Crippen MR) is 143 cm³/mol. The summed E-state index contributed by atoms with van der Waals surface area (Å²) < 4.78 is 47.1. The molecule has 3 aromatic carbocycles. The summed E-state index contributed by atoms with van der Waals surface area (Å²) in [5, 5.41) is 0. The van der Waals surface area contributed by atoms with E-state index in [0.717, 1.165) is 26.3 Å². The van der Waals surface area contributed by atoms with Crippen LogP contribution in [0.15, 0.2) is 103 Å². The number of benzene rings is 3. The molecule has 2 fully saturated rings. The zero-order chi connectivity index (χ0) is 26.8. The van der Waals surface area contributed by atoms with Crippen LogP contribution >= 0.6 is 0 Å². The molecule has 0 bridgehead atoms. The van der Waals surface area contributed by atoms with Crippen molar-refractivity contribution in [3.05, 3.63) is 120 Å². The third-order valence-electron chi connectivity index (χ3n) is 7.83. The molecule has 3 unspecified atom stereocenters. The summed E-state index contributed by atoms with van der Waals surface area (Å²) in [6.07, 6.45) is 4.84. The highest BCUT2D eigenvalue weighted by molar-refractivity contribution is 6.50. The molecule has 3 atom stereocenters. The van der Waals surface area contributed by atoms with Gasteiger partial charge in [-0.2, -0.15) is 0 Å². The van der Waals surface area contributed by atoms with E-state index in [4.69, 9.17) is 4.74 Å². The molecule has 0 spiro atoms. The van der Waals surface area contributed by atoms with E-state index in [1.54, 1.807) is 0 Å². The minimum atomic E-state index is -6.00. The van der Waals surface area contributed by atoms with E-state index < -0.39 is 7.25 Å². The Bertz CT molecular complexity index is 1170. The van der Waals surface area contributed by atoms with Gasteiger partial charge in [0.25, 0.3) is 5.84 Å². The van der Waals surface area contributed by atoms with Crippen LogP contribution in [-0.4, -0.2) is 62.0 Å². The van der Waals surface area contributed by atoms with E-state index in [1.165, 1.54) is 22.5 Å². The Kier molecular flexibility index (Phi) is 7.44. The average Bonchev–Trinajstić information content (AvgIpc) is 3.67. The van der Waals surface area contributed by atoms with Crippen LogP contribution in [0.25, 0.3) is 0 Å². The van der Waals surface area contributed by atoms with Crippen molar-refractivity contribution in [2.24, 2.45) is 11.8 Å². The molecule has 2 aliphatic heterocycles. The monoisotopic (exact) mass is 522 g/mol. The second kappa shape index (κ2) is 10.8. The van der Waals surface area contributed by atoms with E-state index in [9.17, 15) is 17.3 Å². The van der Waals surface area contributed by atoms with Crippen LogP contribution in [0.2, 0.25) is 0 Å². The van der Waals surface area contributed by atoms with Gasteiger partial charge in [0.2, 0.25) is 0 Å². The van der Waals surface area contributed by atoms with Crippen molar-refractivity contribution in [2.75, 3.05) is 33.4 Å². The molecule has 0 radical (unpaired) electrons. The Balaban J connectivity index is 0.000000540. The molecule has 1 aliphatic carbocycles. The highest BCUT2D eigenvalue weighted by Gasteiger charge is 2.67. The lowest BCUT2D eigenvalue weighted by molar-refractivity contribution is -0.552. The third kappa shape index (κ3) is 5.14. The fourth-order valence-corrected chi connectivity index (χ4v) is 6.36. The second-order valence-electron chi connectivity index (χ2n) is 9.92. The Hall–Kier alpha value is -3.39. The molecule has 38 heavy (non-hydrogen) atoms. The van der Waals surface area contributed by atoms with Gasteiger partial charge >= 0.3 is 7.25 Å². The van der Waals surface area contributed by atoms with E-state index in [-0.39, 0.29) is 5.41 Å². The number of morpholine rings is 1. The number of halogens is 4. The molecule has 0 N–H and O–H groups in total. The Morgan fingerprint density at radius 1 is 0.763 bits per heavy atom. The highest BCUT2D eigenvalue weighted by atomic mass is 19.5. The van der Waals surface area contributed by atoms with Crippen LogP contribution in [0.5, 0.6) is 0 Å². The van der Waals surface area contributed by atoms with Gasteiger partial charge in [-0.3, -0.25) is 9.48 Å². The Morgan fingerprint density at radius 3 is 1.61 bits per heavy atom. The van der Waals surface area contributed by atoms with Crippen LogP contribution in [0.3, 0.4) is 0 Å². The Morgan fingerprint density at radius 2 is 1.18 bits per heavy atom. The smallest absolute Gasteiger partial charge is 0.418 e. The van der Waals surface area contributed by atoms with Gasteiger partial charge in [0, 0.05) is 17.9 Å². The first kappa shape index (κ1) is 26.2. The number of fused-ring (bicyclic) bond motifs is 1. The third-order valence-corrected chi connectivity index (χ3v) is 7.83. The molecule has 3 aromatic rings. The molecule has 0 amide bonds. The van der Waals surface area contributed by atoms with Gasteiger partial charge < -0.3 is 22.0 Å². The number of ether oxygens (including phenoxy) is 1. The molecule has 0 aromatic heterocycles. The van der Waals surface area contributed by atoms with Gasteiger partial charge in [-0.25, -0.2) is 0 Å². The first-order valence-corrected chi connectivity index (χ1v) is 13.0. The molecular weight excluding hydrogens is 491 g/mol. The lowest BCUT2D eigenvalue weighted by Crippen LogP contribution is -2.43. The normalized spacial score (nSPS) is 22.9.